The molecule has 0 saturated carbocycles. The van der Waals surface area contributed by atoms with E-state index in [1.165, 1.54) is 12.1 Å². The molecular weight excluding hydrogens is 303 g/mol. The molecule has 0 aliphatic carbocycles. The predicted octanol–water partition coefficient (Wildman–Crippen LogP) is 2.62. The number of rotatable bonds is 6. The first kappa shape index (κ1) is 16.8. The number of halogens is 2. The van der Waals surface area contributed by atoms with Crippen molar-refractivity contribution in [3.8, 4) is 17.6 Å². The van der Waals surface area contributed by atoms with E-state index in [2.05, 4.69) is 11.8 Å². The minimum Gasteiger partial charge on any atom is -0.492 e. The fourth-order valence-corrected chi connectivity index (χ4v) is 2.08. The second kappa shape index (κ2) is 8.13. The summed E-state index contributed by atoms with van der Waals surface area (Å²) < 4.78 is 41.2. The van der Waals surface area contributed by atoms with Crippen LogP contribution in [0.3, 0.4) is 0 Å². The zero-order valence-electron chi connectivity index (χ0n) is 11.2. The highest BCUT2D eigenvalue weighted by molar-refractivity contribution is 7.91. The van der Waals surface area contributed by atoms with Crippen molar-refractivity contribution >= 4 is 21.4 Å². The van der Waals surface area contributed by atoms with Crippen LogP contribution < -0.4 is 4.74 Å². The Bertz CT molecular complexity index is 603. The number of sulfone groups is 1. The summed E-state index contributed by atoms with van der Waals surface area (Å²) >= 11 is 5.50. The van der Waals surface area contributed by atoms with E-state index < -0.39 is 15.7 Å². The normalized spacial score (nSPS) is 10.8. The third-order valence-electron chi connectivity index (χ3n) is 2.43. The van der Waals surface area contributed by atoms with Crippen molar-refractivity contribution in [3.63, 3.8) is 0 Å². The molecule has 0 spiro atoms. The average molecular weight is 319 g/mol. The summed E-state index contributed by atoms with van der Waals surface area (Å²) in [5.41, 5.74) is 0.475. The topological polar surface area (TPSA) is 43.4 Å². The molecule has 0 fully saturated rings. The van der Waals surface area contributed by atoms with Crippen LogP contribution in [-0.4, -0.2) is 32.4 Å². The summed E-state index contributed by atoms with van der Waals surface area (Å²) in [7, 11) is -3.09. The molecular formula is C14H16ClFO3S. The molecule has 0 unspecified atom stereocenters. The van der Waals surface area contributed by atoms with Crippen LogP contribution in [-0.2, 0) is 9.84 Å². The van der Waals surface area contributed by atoms with Crippen molar-refractivity contribution in [3.05, 3.63) is 29.6 Å². The Hall–Kier alpha value is -1.25. The molecule has 1 aromatic carbocycles. The lowest BCUT2D eigenvalue weighted by Crippen LogP contribution is -2.15. The first-order chi connectivity index (χ1) is 9.46. The van der Waals surface area contributed by atoms with E-state index in [4.69, 9.17) is 16.3 Å². The highest BCUT2D eigenvalue weighted by Gasteiger charge is 2.08. The minimum absolute atomic E-state index is 0.00578. The third-order valence-corrected chi connectivity index (χ3v) is 4.28. The Balaban J connectivity index is 2.69. The van der Waals surface area contributed by atoms with Crippen LogP contribution in [0.15, 0.2) is 18.2 Å². The molecule has 110 valence electrons. The number of ether oxygens (including phenoxy) is 1. The fourth-order valence-electron chi connectivity index (χ4n) is 1.36. The lowest BCUT2D eigenvalue weighted by atomic mass is 10.2. The van der Waals surface area contributed by atoms with E-state index in [-0.39, 0.29) is 23.9 Å². The van der Waals surface area contributed by atoms with Gasteiger partial charge in [0.2, 0.25) is 0 Å². The number of hydrogen-bond acceptors (Lipinski definition) is 3. The number of alkyl halides is 1. The van der Waals surface area contributed by atoms with Gasteiger partial charge in [0, 0.05) is 29.7 Å². The summed E-state index contributed by atoms with van der Waals surface area (Å²) in [5, 5.41) is 0. The Morgan fingerprint density at radius 2 is 2.10 bits per heavy atom. The molecule has 1 aromatic rings. The van der Waals surface area contributed by atoms with Crippen LogP contribution in [0.1, 0.15) is 18.9 Å². The third kappa shape index (κ3) is 6.27. The molecule has 0 bridgehead atoms. The maximum Gasteiger partial charge on any atom is 0.153 e. The minimum atomic E-state index is -3.09. The van der Waals surface area contributed by atoms with E-state index in [0.717, 1.165) is 0 Å². The van der Waals surface area contributed by atoms with Crippen molar-refractivity contribution in [2.45, 2.75) is 13.3 Å². The summed E-state index contributed by atoms with van der Waals surface area (Å²) in [5.74, 6) is 5.75. The predicted molar refractivity (Wildman–Crippen MR) is 78.4 cm³/mol. The van der Waals surface area contributed by atoms with Crippen molar-refractivity contribution in [1.29, 1.82) is 0 Å². The van der Waals surface area contributed by atoms with Gasteiger partial charge < -0.3 is 4.74 Å². The Morgan fingerprint density at radius 3 is 2.75 bits per heavy atom. The molecule has 0 radical (unpaired) electrons. The van der Waals surface area contributed by atoms with E-state index in [9.17, 15) is 12.8 Å². The molecule has 6 heteroatoms. The molecule has 0 saturated heterocycles. The summed E-state index contributed by atoms with van der Waals surface area (Å²) in [4.78, 5) is 0. The first-order valence-electron chi connectivity index (χ1n) is 6.15. The molecule has 0 aliphatic heterocycles. The van der Waals surface area contributed by atoms with Gasteiger partial charge in [0.05, 0.1) is 5.75 Å². The average Bonchev–Trinajstić information content (AvgIpc) is 2.38. The Morgan fingerprint density at radius 1 is 1.35 bits per heavy atom. The molecule has 0 amide bonds. The van der Waals surface area contributed by atoms with Crippen LogP contribution in [0.25, 0.3) is 0 Å². The lowest BCUT2D eigenvalue weighted by Gasteiger charge is -2.06. The van der Waals surface area contributed by atoms with E-state index in [0.29, 0.717) is 17.9 Å². The van der Waals surface area contributed by atoms with Gasteiger partial charge in [-0.3, -0.25) is 0 Å². The molecule has 1 rings (SSSR count). The zero-order valence-corrected chi connectivity index (χ0v) is 12.7. The highest BCUT2D eigenvalue weighted by Crippen LogP contribution is 2.16. The maximum absolute atomic E-state index is 13.4. The van der Waals surface area contributed by atoms with Gasteiger partial charge in [0.1, 0.15) is 18.2 Å². The molecule has 3 nitrogen and oxygen atoms in total. The van der Waals surface area contributed by atoms with Gasteiger partial charge in [0.15, 0.2) is 9.84 Å². The van der Waals surface area contributed by atoms with Crippen molar-refractivity contribution in [1.82, 2.24) is 0 Å². The van der Waals surface area contributed by atoms with Gasteiger partial charge in [-0.1, -0.05) is 18.8 Å². The van der Waals surface area contributed by atoms with Crippen molar-refractivity contribution in [2.75, 3.05) is 24.0 Å². The quantitative estimate of drug-likeness (QED) is 0.598. The molecule has 0 heterocycles. The van der Waals surface area contributed by atoms with Gasteiger partial charge in [-0.25, -0.2) is 12.8 Å². The summed E-state index contributed by atoms with van der Waals surface area (Å²) in [6.07, 6.45) is 0.517. The smallest absolute Gasteiger partial charge is 0.153 e. The summed E-state index contributed by atoms with van der Waals surface area (Å²) in [6.45, 7) is 1.57. The largest absolute Gasteiger partial charge is 0.492 e. The van der Waals surface area contributed by atoms with Gasteiger partial charge in [-0.05, 0) is 12.1 Å². The van der Waals surface area contributed by atoms with Crippen LogP contribution in [0, 0.1) is 17.7 Å². The van der Waals surface area contributed by atoms with Crippen molar-refractivity contribution in [2.24, 2.45) is 0 Å². The number of benzene rings is 1. The van der Waals surface area contributed by atoms with Gasteiger partial charge >= 0.3 is 0 Å². The van der Waals surface area contributed by atoms with Gasteiger partial charge in [0.25, 0.3) is 0 Å². The fraction of sp³-hybridized carbons (Fsp3) is 0.429. The van der Waals surface area contributed by atoms with Crippen molar-refractivity contribution < 1.29 is 17.5 Å². The highest BCUT2D eigenvalue weighted by atomic mass is 35.5. The Kier molecular flexibility index (Phi) is 6.83. The van der Waals surface area contributed by atoms with Crippen LogP contribution in [0.5, 0.6) is 5.75 Å². The maximum atomic E-state index is 13.4. The first-order valence-corrected chi connectivity index (χ1v) is 8.51. The number of hydrogen-bond donors (Lipinski definition) is 0. The van der Waals surface area contributed by atoms with E-state index >= 15 is 0 Å². The van der Waals surface area contributed by atoms with Crippen LogP contribution in [0.4, 0.5) is 4.39 Å². The van der Waals surface area contributed by atoms with Gasteiger partial charge in [-0.15, -0.1) is 11.6 Å². The SMILES string of the molecule is CCS(=O)(=O)CCOc1cc(F)cc(C#CCCCl)c1. The molecule has 0 aliphatic rings. The second-order valence-electron chi connectivity index (χ2n) is 4.00. The standard InChI is InChI=1S/C14H16ClFO3S/c1-2-20(17,18)8-7-19-14-10-12(5-3-4-6-15)9-13(16)11-14/h9-11H,2,4,6-8H2,1H3. The van der Waals surface area contributed by atoms with Crippen LogP contribution in [0.2, 0.25) is 0 Å². The molecule has 20 heavy (non-hydrogen) atoms. The lowest BCUT2D eigenvalue weighted by molar-refractivity contribution is 0.339. The monoisotopic (exact) mass is 318 g/mol. The van der Waals surface area contributed by atoms with E-state index in [1.54, 1.807) is 13.0 Å². The molecule has 0 N–H and O–H groups in total. The molecule has 0 aromatic heterocycles. The van der Waals surface area contributed by atoms with Gasteiger partial charge in [-0.2, -0.15) is 0 Å². The molecule has 0 atom stereocenters. The zero-order chi connectivity index (χ0) is 15.0. The van der Waals surface area contributed by atoms with E-state index in [1.807, 2.05) is 0 Å². The Labute approximate surface area is 124 Å². The summed E-state index contributed by atoms with van der Waals surface area (Å²) in [6, 6.07) is 4.06. The van der Waals surface area contributed by atoms with Crippen LogP contribution >= 0.6 is 11.6 Å². The second-order valence-corrected chi connectivity index (χ2v) is 6.85.